The minimum atomic E-state index is 0.0811. The first-order chi connectivity index (χ1) is 7.08. The molecular weight excluding hydrogens is 192 g/mol. The Morgan fingerprint density at radius 2 is 2.27 bits per heavy atom. The second-order valence-corrected chi connectivity index (χ2v) is 3.64. The SMILES string of the molecule is CC(=O)Cc1nc2ccc(O)cc2n1C. The molecule has 2 rings (SSSR count). The van der Waals surface area contributed by atoms with Crippen LogP contribution < -0.4 is 0 Å². The van der Waals surface area contributed by atoms with Crippen LogP contribution in [0.25, 0.3) is 11.0 Å². The van der Waals surface area contributed by atoms with E-state index in [-0.39, 0.29) is 11.5 Å². The average molecular weight is 204 g/mol. The van der Waals surface area contributed by atoms with Crippen LogP contribution in [0.1, 0.15) is 12.7 Å². The summed E-state index contributed by atoms with van der Waals surface area (Å²) in [6, 6.07) is 4.98. The molecular formula is C11H12N2O2. The lowest BCUT2D eigenvalue weighted by atomic mass is 10.3. The van der Waals surface area contributed by atoms with Crippen molar-refractivity contribution in [1.29, 1.82) is 0 Å². The number of Topliss-reactive ketones (excluding diaryl/α,β-unsaturated/α-hetero) is 1. The molecule has 1 aromatic heterocycles. The zero-order valence-corrected chi connectivity index (χ0v) is 8.69. The Hall–Kier alpha value is -1.84. The number of phenols is 1. The van der Waals surface area contributed by atoms with Gasteiger partial charge in [-0.25, -0.2) is 4.98 Å². The fraction of sp³-hybridized carbons (Fsp3) is 0.273. The van der Waals surface area contributed by atoms with E-state index >= 15 is 0 Å². The predicted molar refractivity (Wildman–Crippen MR) is 56.8 cm³/mol. The average Bonchev–Trinajstić information content (AvgIpc) is 2.44. The van der Waals surface area contributed by atoms with Crippen molar-refractivity contribution >= 4 is 16.8 Å². The highest BCUT2D eigenvalue weighted by Gasteiger charge is 2.09. The number of benzene rings is 1. The summed E-state index contributed by atoms with van der Waals surface area (Å²) in [5.41, 5.74) is 1.64. The van der Waals surface area contributed by atoms with Crippen molar-refractivity contribution in [2.24, 2.45) is 7.05 Å². The first-order valence-corrected chi connectivity index (χ1v) is 4.71. The Kier molecular flexibility index (Phi) is 2.19. The maximum atomic E-state index is 11.0. The van der Waals surface area contributed by atoms with E-state index in [1.807, 2.05) is 11.6 Å². The molecule has 0 spiro atoms. The van der Waals surface area contributed by atoms with Gasteiger partial charge in [0.15, 0.2) is 0 Å². The fourth-order valence-electron chi connectivity index (χ4n) is 1.61. The summed E-state index contributed by atoms with van der Waals surface area (Å²) in [5.74, 6) is 1.01. The van der Waals surface area contributed by atoms with Gasteiger partial charge in [-0.1, -0.05) is 0 Å². The molecule has 0 unspecified atom stereocenters. The zero-order valence-electron chi connectivity index (χ0n) is 8.69. The summed E-state index contributed by atoms with van der Waals surface area (Å²) in [4.78, 5) is 15.3. The molecule has 1 N–H and O–H groups in total. The number of aromatic hydroxyl groups is 1. The van der Waals surface area contributed by atoms with E-state index < -0.39 is 0 Å². The Morgan fingerprint density at radius 3 is 2.93 bits per heavy atom. The number of imidazole rings is 1. The summed E-state index contributed by atoms with van der Waals surface area (Å²) in [6.45, 7) is 1.54. The van der Waals surface area contributed by atoms with Crippen molar-refractivity contribution in [3.8, 4) is 5.75 Å². The van der Waals surface area contributed by atoms with Crippen LogP contribution in [-0.2, 0) is 18.3 Å². The van der Waals surface area contributed by atoms with Crippen LogP contribution in [-0.4, -0.2) is 20.4 Å². The normalized spacial score (nSPS) is 10.8. The van der Waals surface area contributed by atoms with Gasteiger partial charge in [-0.2, -0.15) is 0 Å². The minimum Gasteiger partial charge on any atom is -0.508 e. The zero-order chi connectivity index (χ0) is 11.0. The molecule has 0 amide bonds. The summed E-state index contributed by atoms with van der Waals surface area (Å²) < 4.78 is 1.83. The number of hydrogen-bond donors (Lipinski definition) is 1. The molecule has 1 aromatic carbocycles. The number of fused-ring (bicyclic) bond motifs is 1. The van der Waals surface area contributed by atoms with Gasteiger partial charge >= 0.3 is 0 Å². The molecule has 78 valence electrons. The second-order valence-electron chi connectivity index (χ2n) is 3.64. The molecule has 4 heteroatoms. The molecule has 0 bridgehead atoms. The van der Waals surface area contributed by atoms with E-state index in [2.05, 4.69) is 4.98 Å². The highest BCUT2D eigenvalue weighted by Crippen LogP contribution is 2.20. The topological polar surface area (TPSA) is 55.1 Å². The van der Waals surface area contributed by atoms with Gasteiger partial charge in [-0.3, -0.25) is 4.79 Å². The highest BCUT2D eigenvalue weighted by molar-refractivity contribution is 5.81. The first kappa shape index (κ1) is 9.71. The minimum absolute atomic E-state index is 0.0811. The molecule has 4 nitrogen and oxygen atoms in total. The van der Waals surface area contributed by atoms with Crippen molar-refractivity contribution < 1.29 is 9.90 Å². The van der Waals surface area contributed by atoms with E-state index in [0.29, 0.717) is 6.42 Å². The number of aromatic nitrogens is 2. The molecule has 0 aliphatic heterocycles. The molecule has 0 aliphatic rings. The monoisotopic (exact) mass is 204 g/mol. The van der Waals surface area contributed by atoms with E-state index in [4.69, 9.17) is 0 Å². The molecule has 0 saturated heterocycles. The van der Waals surface area contributed by atoms with Gasteiger partial charge in [0.2, 0.25) is 0 Å². The molecule has 0 atom stereocenters. The van der Waals surface area contributed by atoms with Crippen LogP contribution >= 0.6 is 0 Å². The lowest BCUT2D eigenvalue weighted by molar-refractivity contribution is -0.116. The third-order valence-electron chi connectivity index (χ3n) is 2.36. The number of aryl methyl sites for hydroxylation is 1. The van der Waals surface area contributed by atoms with Crippen molar-refractivity contribution in [2.45, 2.75) is 13.3 Å². The van der Waals surface area contributed by atoms with E-state index in [0.717, 1.165) is 16.9 Å². The number of ketones is 1. The molecule has 15 heavy (non-hydrogen) atoms. The molecule has 1 heterocycles. The summed E-state index contributed by atoms with van der Waals surface area (Å²) in [7, 11) is 1.84. The standard InChI is InChI=1S/C11H12N2O2/c1-7(14)5-11-12-9-4-3-8(15)6-10(9)13(11)2/h3-4,6,15H,5H2,1-2H3. The van der Waals surface area contributed by atoms with E-state index in [1.54, 1.807) is 18.2 Å². The summed E-state index contributed by atoms with van der Waals surface area (Å²) >= 11 is 0. The number of rotatable bonds is 2. The Labute approximate surface area is 87.2 Å². The van der Waals surface area contributed by atoms with E-state index in [9.17, 15) is 9.90 Å². The van der Waals surface area contributed by atoms with Crippen LogP contribution in [0.2, 0.25) is 0 Å². The summed E-state index contributed by atoms with van der Waals surface area (Å²) in [5, 5.41) is 9.34. The predicted octanol–water partition coefficient (Wildman–Crippen LogP) is 1.41. The van der Waals surface area contributed by atoms with Crippen molar-refractivity contribution in [3.05, 3.63) is 24.0 Å². The van der Waals surface area contributed by atoms with Crippen LogP contribution in [0.15, 0.2) is 18.2 Å². The van der Waals surface area contributed by atoms with Gasteiger partial charge in [0.25, 0.3) is 0 Å². The Bertz CT molecular complexity index is 529. The van der Waals surface area contributed by atoms with Gasteiger partial charge in [0.05, 0.1) is 17.5 Å². The molecule has 0 radical (unpaired) electrons. The Morgan fingerprint density at radius 1 is 1.53 bits per heavy atom. The van der Waals surface area contributed by atoms with Crippen LogP contribution in [0.4, 0.5) is 0 Å². The highest BCUT2D eigenvalue weighted by atomic mass is 16.3. The quantitative estimate of drug-likeness (QED) is 0.804. The summed E-state index contributed by atoms with van der Waals surface area (Å²) in [6.07, 6.45) is 0.325. The van der Waals surface area contributed by atoms with Crippen LogP contribution in [0, 0.1) is 0 Å². The van der Waals surface area contributed by atoms with Gasteiger partial charge in [0, 0.05) is 13.1 Å². The third-order valence-corrected chi connectivity index (χ3v) is 2.36. The fourth-order valence-corrected chi connectivity index (χ4v) is 1.61. The third kappa shape index (κ3) is 1.70. The molecule has 2 aromatic rings. The largest absolute Gasteiger partial charge is 0.508 e. The van der Waals surface area contributed by atoms with Crippen LogP contribution in [0.3, 0.4) is 0 Å². The number of nitrogens with zero attached hydrogens (tertiary/aromatic N) is 2. The van der Waals surface area contributed by atoms with Gasteiger partial charge in [-0.05, 0) is 19.1 Å². The lowest BCUT2D eigenvalue weighted by Crippen LogP contribution is -2.03. The maximum absolute atomic E-state index is 11.0. The molecule has 0 fully saturated rings. The smallest absolute Gasteiger partial charge is 0.137 e. The van der Waals surface area contributed by atoms with Gasteiger partial charge in [-0.15, -0.1) is 0 Å². The van der Waals surface area contributed by atoms with Gasteiger partial charge in [0.1, 0.15) is 17.4 Å². The molecule has 0 aliphatic carbocycles. The number of carbonyl (C=O) groups is 1. The van der Waals surface area contributed by atoms with Crippen molar-refractivity contribution in [3.63, 3.8) is 0 Å². The lowest BCUT2D eigenvalue weighted by Gasteiger charge is -1.99. The number of phenolic OH excluding ortho intramolecular Hbond substituents is 1. The maximum Gasteiger partial charge on any atom is 0.137 e. The second kappa shape index (κ2) is 3.38. The molecule has 0 saturated carbocycles. The number of carbonyl (C=O) groups excluding carboxylic acids is 1. The first-order valence-electron chi connectivity index (χ1n) is 4.71. The number of hydrogen-bond acceptors (Lipinski definition) is 3. The van der Waals surface area contributed by atoms with Crippen molar-refractivity contribution in [1.82, 2.24) is 9.55 Å². The van der Waals surface area contributed by atoms with E-state index in [1.165, 1.54) is 6.92 Å². The Balaban J connectivity index is 2.59. The van der Waals surface area contributed by atoms with Gasteiger partial charge < -0.3 is 9.67 Å². The van der Waals surface area contributed by atoms with Crippen molar-refractivity contribution in [2.75, 3.05) is 0 Å². The van der Waals surface area contributed by atoms with Crippen LogP contribution in [0.5, 0.6) is 5.75 Å².